The standard InChI is InChI=1S/C23H25N5OS/c1-15-20(30-22(27-15)16-8-4-3-5-9-16)14-26-23(24-2)25-13-17-12-21(29)28-19-11-7-6-10-18(17)19/h3-11,17H,12-14H2,1-2H3,(H,28,29)(H2,24,25,26). The smallest absolute Gasteiger partial charge is 0.225 e. The van der Waals surface area contributed by atoms with Crippen LogP contribution < -0.4 is 16.0 Å². The van der Waals surface area contributed by atoms with Gasteiger partial charge in [0.15, 0.2) is 5.96 Å². The van der Waals surface area contributed by atoms with Crippen LogP contribution in [0.4, 0.5) is 5.69 Å². The zero-order chi connectivity index (χ0) is 20.9. The van der Waals surface area contributed by atoms with Gasteiger partial charge < -0.3 is 16.0 Å². The molecule has 1 amide bonds. The van der Waals surface area contributed by atoms with Gasteiger partial charge in [-0.15, -0.1) is 11.3 Å². The Balaban J connectivity index is 1.37. The number of fused-ring (bicyclic) bond motifs is 1. The summed E-state index contributed by atoms with van der Waals surface area (Å²) in [5.41, 5.74) is 4.22. The van der Waals surface area contributed by atoms with Crippen LogP contribution in [0.2, 0.25) is 0 Å². The van der Waals surface area contributed by atoms with Crippen LogP contribution in [0.1, 0.15) is 28.5 Å². The lowest BCUT2D eigenvalue weighted by molar-refractivity contribution is -0.116. The molecule has 0 radical (unpaired) electrons. The lowest BCUT2D eigenvalue weighted by Gasteiger charge is -2.26. The molecule has 1 aliphatic heterocycles. The van der Waals surface area contributed by atoms with Crippen LogP contribution in [0.15, 0.2) is 59.6 Å². The summed E-state index contributed by atoms with van der Waals surface area (Å²) in [6.45, 7) is 3.33. The summed E-state index contributed by atoms with van der Waals surface area (Å²) in [5.74, 6) is 0.882. The molecular weight excluding hydrogens is 394 g/mol. The highest BCUT2D eigenvalue weighted by Gasteiger charge is 2.24. The summed E-state index contributed by atoms with van der Waals surface area (Å²) < 4.78 is 0. The number of aromatic nitrogens is 1. The minimum Gasteiger partial charge on any atom is -0.356 e. The fourth-order valence-corrected chi connectivity index (χ4v) is 4.59. The molecule has 30 heavy (non-hydrogen) atoms. The first-order chi connectivity index (χ1) is 14.6. The number of para-hydroxylation sites is 1. The molecule has 1 aromatic heterocycles. The molecule has 4 rings (SSSR count). The number of carbonyl (C=O) groups excluding carboxylic acids is 1. The zero-order valence-electron chi connectivity index (χ0n) is 17.1. The molecule has 154 valence electrons. The van der Waals surface area contributed by atoms with Gasteiger partial charge in [-0.25, -0.2) is 4.98 Å². The van der Waals surface area contributed by atoms with E-state index in [4.69, 9.17) is 4.98 Å². The first-order valence-electron chi connectivity index (χ1n) is 9.99. The fourth-order valence-electron chi connectivity index (χ4n) is 3.58. The number of aryl methyl sites for hydroxylation is 1. The predicted octanol–water partition coefficient (Wildman–Crippen LogP) is 3.91. The van der Waals surface area contributed by atoms with E-state index in [1.54, 1.807) is 18.4 Å². The Morgan fingerprint density at radius 1 is 1.17 bits per heavy atom. The summed E-state index contributed by atoms with van der Waals surface area (Å²) in [6, 6.07) is 18.2. The third kappa shape index (κ3) is 4.52. The maximum absolute atomic E-state index is 12.0. The van der Waals surface area contributed by atoms with Crippen LogP contribution in [-0.4, -0.2) is 30.4 Å². The van der Waals surface area contributed by atoms with Crippen LogP contribution in [0.5, 0.6) is 0 Å². The molecule has 0 saturated carbocycles. The Morgan fingerprint density at radius 3 is 2.73 bits per heavy atom. The summed E-state index contributed by atoms with van der Waals surface area (Å²) in [5, 5.41) is 10.7. The van der Waals surface area contributed by atoms with Gasteiger partial charge in [-0.2, -0.15) is 0 Å². The van der Waals surface area contributed by atoms with Crippen molar-refractivity contribution < 1.29 is 4.79 Å². The van der Waals surface area contributed by atoms with Gasteiger partial charge in [-0.05, 0) is 18.6 Å². The van der Waals surface area contributed by atoms with Crippen molar-refractivity contribution in [2.24, 2.45) is 4.99 Å². The highest BCUT2D eigenvalue weighted by molar-refractivity contribution is 7.15. The van der Waals surface area contributed by atoms with Gasteiger partial charge >= 0.3 is 0 Å². The van der Waals surface area contributed by atoms with Gasteiger partial charge in [0.25, 0.3) is 0 Å². The molecule has 3 N–H and O–H groups in total. The minimum absolute atomic E-state index is 0.0529. The first kappa shape index (κ1) is 20.1. The quantitative estimate of drug-likeness (QED) is 0.433. The van der Waals surface area contributed by atoms with E-state index in [9.17, 15) is 4.79 Å². The number of thiazole rings is 1. The Kier molecular flexibility index (Phi) is 6.09. The van der Waals surface area contributed by atoms with Gasteiger partial charge in [0.05, 0.1) is 12.2 Å². The third-order valence-corrected chi connectivity index (χ3v) is 6.38. The number of hydrogen-bond donors (Lipinski definition) is 3. The topological polar surface area (TPSA) is 78.4 Å². The van der Waals surface area contributed by atoms with E-state index < -0.39 is 0 Å². The number of rotatable bonds is 5. The van der Waals surface area contributed by atoms with E-state index in [2.05, 4.69) is 39.1 Å². The highest BCUT2D eigenvalue weighted by Crippen LogP contribution is 2.31. The summed E-state index contributed by atoms with van der Waals surface area (Å²) in [4.78, 5) is 22.3. The minimum atomic E-state index is 0.0529. The molecule has 2 aromatic carbocycles. The molecule has 1 atom stereocenters. The number of nitrogens with zero attached hydrogens (tertiary/aromatic N) is 2. The van der Waals surface area contributed by atoms with Crippen LogP contribution in [0.3, 0.4) is 0 Å². The number of nitrogens with one attached hydrogen (secondary N) is 3. The number of benzene rings is 2. The van der Waals surface area contributed by atoms with E-state index in [0.29, 0.717) is 25.5 Å². The molecular formula is C23H25N5OS. The number of guanidine groups is 1. The van der Waals surface area contributed by atoms with Gasteiger partial charge in [0.1, 0.15) is 5.01 Å². The van der Waals surface area contributed by atoms with Crippen LogP contribution in [0.25, 0.3) is 10.6 Å². The Bertz CT molecular complexity index is 1060. The van der Waals surface area contributed by atoms with Crippen molar-refractivity contribution in [3.05, 3.63) is 70.7 Å². The van der Waals surface area contributed by atoms with Crippen molar-refractivity contribution in [2.45, 2.75) is 25.8 Å². The average Bonchev–Trinajstić information content (AvgIpc) is 3.15. The normalized spacial score (nSPS) is 16.0. The number of anilines is 1. The van der Waals surface area contributed by atoms with E-state index in [1.807, 2.05) is 43.3 Å². The Labute approximate surface area is 180 Å². The van der Waals surface area contributed by atoms with Gasteiger partial charge in [-0.3, -0.25) is 9.79 Å². The van der Waals surface area contributed by atoms with Crippen LogP contribution in [0, 0.1) is 6.92 Å². The second-order valence-electron chi connectivity index (χ2n) is 7.24. The van der Waals surface area contributed by atoms with Crippen molar-refractivity contribution in [2.75, 3.05) is 18.9 Å². The second kappa shape index (κ2) is 9.09. The Morgan fingerprint density at radius 2 is 1.93 bits per heavy atom. The van der Waals surface area contributed by atoms with E-state index in [1.165, 1.54) is 4.88 Å². The van der Waals surface area contributed by atoms with Crippen molar-refractivity contribution in [3.63, 3.8) is 0 Å². The van der Waals surface area contributed by atoms with Crippen molar-refractivity contribution in [1.82, 2.24) is 15.6 Å². The zero-order valence-corrected chi connectivity index (χ0v) is 17.9. The van der Waals surface area contributed by atoms with Crippen LogP contribution in [-0.2, 0) is 11.3 Å². The van der Waals surface area contributed by atoms with Gasteiger partial charge in [0.2, 0.25) is 5.91 Å². The second-order valence-corrected chi connectivity index (χ2v) is 8.32. The van der Waals surface area contributed by atoms with Gasteiger partial charge in [-0.1, -0.05) is 48.5 Å². The summed E-state index contributed by atoms with van der Waals surface area (Å²) >= 11 is 1.69. The summed E-state index contributed by atoms with van der Waals surface area (Å²) in [7, 11) is 1.76. The van der Waals surface area contributed by atoms with Crippen LogP contribution >= 0.6 is 11.3 Å². The predicted molar refractivity (Wildman–Crippen MR) is 123 cm³/mol. The number of hydrogen-bond acceptors (Lipinski definition) is 4. The van der Waals surface area contributed by atoms with E-state index in [-0.39, 0.29) is 11.8 Å². The lowest BCUT2D eigenvalue weighted by atomic mass is 9.90. The Hall–Kier alpha value is -3.19. The van der Waals surface area contributed by atoms with E-state index in [0.717, 1.165) is 27.5 Å². The van der Waals surface area contributed by atoms with Crippen molar-refractivity contribution >= 4 is 28.9 Å². The molecule has 0 bridgehead atoms. The molecule has 0 aliphatic carbocycles. The highest BCUT2D eigenvalue weighted by atomic mass is 32.1. The number of carbonyl (C=O) groups is 1. The number of aliphatic imine (C=N–C) groups is 1. The van der Waals surface area contributed by atoms with E-state index >= 15 is 0 Å². The molecule has 1 unspecified atom stereocenters. The summed E-state index contributed by atoms with van der Waals surface area (Å²) in [6.07, 6.45) is 0.468. The fraction of sp³-hybridized carbons (Fsp3) is 0.261. The molecule has 0 saturated heterocycles. The monoisotopic (exact) mass is 419 g/mol. The molecule has 1 aliphatic rings. The van der Waals surface area contributed by atoms with Crippen molar-refractivity contribution in [3.8, 4) is 10.6 Å². The first-order valence-corrected chi connectivity index (χ1v) is 10.8. The maximum Gasteiger partial charge on any atom is 0.225 e. The molecule has 7 heteroatoms. The third-order valence-electron chi connectivity index (χ3n) is 5.18. The molecule has 2 heterocycles. The molecule has 3 aromatic rings. The largest absolute Gasteiger partial charge is 0.356 e. The number of amides is 1. The molecule has 0 fully saturated rings. The molecule has 6 nitrogen and oxygen atoms in total. The van der Waals surface area contributed by atoms with Crippen molar-refractivity contribution in [1.29, 1.82) is 0 Å². The maximum atomic E-state index is 12.0. The SMILES string of the molecule is CN=C(NCc1sc(-c2ccccc2)nc1C)NCC1CC(=O)Nc2ccccc21. The lowest BCUT2D eigenvalue weighted by Crippen LogP contribution is -2.40. The average molecular weight is 420 g/mol. The van der Waals surface area contributed by atoms with Gasteiger partial charge in [0, 0.05) is 42.1 Å². The molecule has 0 spiro atoms.